The first kappa shape index (κ1) is 17.8. The molecule has 5 rings (SSSR count). The number of aromatic nitrogens is 4. The van der Waals surface area contributed by atoms with Gasteiger partial charge in [0, 0.05) is 0 Å². The maximum atomic E-state index is 14.3. The van der Waals surface area contributed by atoms with Crippen LogP contribution in [-0.2, 0) is 5.41 Å². The van der Waals surface area contributed by atoms with Crippen molar-refractivity contribution in [2.24, 2.45) is 5.41 Å². The van der Waals surface area contributed by atoms with Gasteiger partial charge in [-0.25, -0.2) is 13.8 Å². The van der Waals surface area contributed by atoms with Crippen molar-refractivity contribution in [1.82, 2.24) is 20.2 Å². The van der Waals surface area contributed by atoms with Crippen LogP contribution in [0.2, 0.25) is 0 Å². The molecule has 2 atom stereocenters. The van der Waals surface area contributed by atoms with E-state index in [1.165, 1.54) is 24.4 Å². The first-order valence-electron chi connectivity index (χ1n) is 9.45. The smallest absolute Gasteiger partial charge is 0.158 e. The predicted molar refractivity (Wildman–Crippen MR) is 101 cm³/mol. The van der Waals surface area contributed by atoms with Crippen LogP contribution in [0.3, 0.4) is 0 Å². The minimum absolute atomic E-state index is 0.157. The van der Waals surface area contributed by atoms with Gasteiger partial charge in [0.25, 0.3) is 0 Å². The molecule has 0 radical (unpaired) electrons. The van der Waals surface area contributed by atoms with Crippen LogP contribution in [0.1, 0.15) is 55.3 Å². The van der Waals surface area contributed by atoms with E-state index in [2.05, 4.69) is 34.0 Å². The second-order valence-corrected chi connectivity index (χ2v) is 8.25. The zero-order valence-corrected chi connectivity index (χ0v) is 15.9. The van der Waals surface area contributed by atoms with E-state index >= 15 is 0 Å². The molecule has 1 fully saturated rings. The zero-order valence-electron chi connectivity index (χ0n) is 15.9. The van der Waals surface area contributed by atoms with Gasteiger partial charge in [-0.3, -0.25) is 4.98 Å². The van der Waals surface area contributed by atoms with E-state index in [9.17, 15) is 8.78 Å². The van der Waals surface area contributed by atoms with Crippen molar-refractivity contribution >= 4 is 0 Å². The number of nitrogens with zero attached hydrogens (tertiary/aromatic N) is 5. The molecule has 144 valence electrons. The highest BCUT2D eigenvalue weighted by Crippen LogP contribution is 2.69. The molecule has 0 amide bonds. The van der Waals surface area contributed by atoms with Gasteiger partial charge in [0.15, 0.2) is 5.69 Å². The third-order valence-corrected chi connectivity index (χ3v) is 6.80. The molecule has 29 heavy (non-hydrogen) atoms. The van der Waals surface area contributed by atoms with Gasteiger partial charge in [-0.2, -0.15) is 10.4 Å². The Morgan fingerprint density at radius 2 is 1.86 bits per heavy atom. The van der Waals surface area contributed by atoms with Crippen molar-refractivity contribution in [2.45, 2.75) is 38.0 Å². The second kappa shape index (κ2) is 5.86. The lowest BCUT2D eigenvalue weighted by molar-refractivity contribution is 0.242. The van der Waals surface area contributed by atoms with Gasteiger partial charge >= 0.3 is 0 Å². The van der Waals surface area contributed by atoms with Crippen molar-refractivity contribution in [2.75, 3.05) is 0 Å². The van der Waals surface area contributed by atoms with E-state index in [-0.39, 0.29) is 28.3 Å². The fraction of sp³-hybridized carbons (Fsp3) is 0.318. The van der Waals surface area contributed by atoms with Gasteiger partial charge in [-0.15, -0.1) is 5.10 Å². The summed E-state index contributed by atoms with van der Waals surface area (Å²) in [6.07, 6.45) is 4.86. The molecule has 2 aromatic heterocycles. The van der Waals surface area contributed by atoms with E-state index in [1.807, 2.05) is 6.07 Å². The Kier molecular flexibility index (Phi) is 3.60. The van der Waals surface area contributed by atoms with Crippen LogP contribution in [0, 0.1) is 28.4 Å². The van der Waals surface area contributed by atoms with Crippen LogP contribution in [0.5, 0.6) is 0 Å². The molecule has 2 heterocycles. The van der Waals surface area contributed by atoms with Gasteiger partial charge in [-0.05, 0) is 47.9 Å². The number of hydrogen-bond donors (Lipinski definition) is 0. The third-order valence-electron chi connectivity index (χ3n) is 6.80. The molecule has 1 aromatic carbocycles. The van der Waals surface area contributed by atoms with Gasteiger partial charge in [0.2, 0.25) is 0 Å². The Morgan fingerprint density at radius 3 is 2.52 bits per heavy atom. The third kappa shape index (κ3) is 2.17. The molecule has 2 aliphatic rings. The Labute approximate surface area is 166 Å². The van der Waals surface area contributed by atoms with Gasteiger partial charge in [-0.1, -0.05) is 19.9 Å². The first-order chi connectivity index (χ1) is 13.9. The van der Waals surface area contributed by atoms with Gasteiger partial charge in [0.1, 0.15) is 17.7 Å². The normalized spacial score (nSPS) is 23.6. The van der Waals surface area contributed by atoms with E-state index in [0.717, 1.165) is 29.8 Å². The summed E-state index contributed by atoms with van der Waals surface area (Å²) in [5, 5.41) is 17.7. The lowest BCUT2D eigenvalue weighted by atomic mass is 9.66. The summed E-state index contributed by atoms with van der Waals surface area (Å²) in [5.74, 6) is -1.15. The van der Waals surface area contributed by atoms with Crippen molar-refractivity contribution in [3.63, 3.8) is 0 Å². The standard InChI is InChI=1S/C22H17F2N5/c1-21(2)14-6-7-22(21,18-11-26-12(9-25)10-27-18)20-13(14)8-17(28-29-20)19-15(23)4-3-5-16(19)24/h3-5,8,10-11,14H,6-7H2,1-2H3/t14-,22-/m0/s1. The number of benzene rings is 1. The van der Waals surface area contributed by atoms with Crippen molar-refractivity contribution in [1.29, 1.82) is 5.26 Å². The Bertz CT molecular complexity index is 1160. The summed E-state index contributed by atoms with van der Waals surface area (Å²) in [6.45, 7) is 4.32. The minimum Gasteiger partial charge on any atom is -0.256 e. The Morgan fingerprint density at radius 1 is 1.10 bits per heavy atom. The molecule has 5 nitrogen and oxygen atoms in total. The summed E-state index contributed by atoms with van der Waals surface area (Å²) < 4.78 is 28.6. The fourth-order valence-corrected chi connectivity index (χ4v) is 5.36. The molecule has 0 N–H and O–H groups in total. The lowest BCUT2D eigenvalue weighted by Gasteiger charge is -2.37. The molecule has 0 saturated heterocycles. The van der Waals surface area contributed by atoms with E-state index in [0.29, 0.717) is 0 Å². The van der Waals surface area contributed by atoms with Crippen molar-refractivity contribution in [3.05, 3.63) is 70.9 Å². The largest absolute Gasteiger partial charge is 0.256 e. The van der Waals surface area contributed by atoms with E-state index in [1.54, 1.807) is 12.3 Å². The molecule has 0 aliphatic heterocycles. The van der Waals surface area contributed by atoms with E-state index in [4.69, 9.17) is 5.26 Å². The number of rotatable bonds is 2. The molecule has 7 heteroatoms. The van der Waals surface area contributed by atoms with Crippen LogP contribution in [0.15, 0.2) is 36.7 Å². The molecule has 0 spiro atoms. The summed E-state index contributed by atoms with van der Waals surface area (Å²) in [6, 6.07) is 7.53. The zero-order chi connectivity index (χ0) is 20.4. The van der Waals surface area contributed by atoms with Crippen LogP contribution in [-0.4, -0.2) is 20.2 Å². The van der Waals surface area contributed by atoms with Crippen LogP contribution in [0.4, 0.5) is 8.78 Å². The predicted octanol–water partition coefficient (Wildman–Crippen LogP) is 4.29. The highest BCUT2D eigenvalue weighted by Gasteiger charge is 2.65. The fourth-order valence-electron chi connectivity index (χ4n) is 5.36. The maximum absolute atomic E-state index is 14.3. The molecule has 0 unspecified atom stereocenters. The Hall–Kier alpha value is -3.27. The van der Waals surface area contributed by atoms with Crippen LogP contribution in [0.25, 0.3) is 11.3 Å². The van der Waals surface area contributed by atoms with Crippen LogP contribution >= 0.6 is 0 Å². The maximum Gasteiger partial charge on any atom is 0.158 e. The minimum atomic E-state index is -0.658. The molecule has 2 bridgehead atoms. The van der Waals surface area contributed by atoms with Crippen molar-refractivity contribution < 1.29 is 8.78 Å². The summed E-state index contributed by atoms with van der Waals surface area (Å²) in [4.78, 5) is 8.74. The topological polar surface area (TPSA) is 75.3 Å². The molecule has 1 saturated carbocycles. The highest BCUT2D eigenvalue weighted by molar-refractivity contribution is 5.64. The lowest BCUT2D eigenvalue weighted by Crippen LogP contribution is -2.38. The monoisotopic (exact) mass is 389 g/mol. The molecule has 3 aromatic rings. The van der Waals surface area contributed by atoms with E-state index < -0.39 is 17.0 Å². The SMILES string of the molecule is CC1(C)[C@H]2CC[C@]1(c1cnc(C#N)cn1)c1nnc(-c3c(F)cccc3F)cc12. The summed E-state index contributed by atoms with van der Waals surface area (Å²) in [5.41, 5.74) is 2.08. The number of hydrogen-bond acceptors (Lipinski definition) is 5. The molecular formula is C22H17F2N5. The van der Waals surface area contributed by atoms with Crippen LogP contribution < -0.4 is 0 Å². The van der Waals surface area contributed by atoms with Gasteiger partial charge < -0.3 is 0 Å². The average molecular weight is 389 g/mol. The quantitative estimate of drug-likeness (QED) is 0.654. The summed E-state index contributed by atoms with van der Waals surface area (Å²) in [7, 11) is 0. The van der Waals surface area contributed by atoms with Gasteiger partial charge in [0.05, 0.1) is 40.5 Å². The second-order valence-electron chi connectivity index (χ2n) is 8.25. The first-order valence-corrected chi connectivity index (χ1v) is 9.45. The summed E-state index contributed by atoms with van der Waals surface area (Å²) >= 11 is 0. The number of fused-ring (bicyclic) bond motifs is 5. The highest BCUT2D eigenvalue weighted by atomic mass is 19.1. The number of nitriles is 1. The number of halogens is 2. The Balaban J connectivity index is 1.71. The molecular weight excluding hydrogens is 372 g/mol. The molecule has 2 aliphatic carbocycles. The van der Waals surface area contributed by atoms with Crippen molar-refractivity contribution in [3.8, 4) is 17.3 Å². The average Bonchev–Trinajstić information content (AvgIpc) is 3.09.